The molecule has 0 bridgehead atoms. The van der Waals surface area contributed by atoms with E-state index in [9.17, 15) is 0 Å². The van der Waals surface area contributed by atoms with E-state index < -0.39 is 0 Å². The lowest BCUT2D eigenvalue weighted by Crippen LogP contribution is -2.26. The summed E-state index contributed by atoms with van der Waals surface area (Å²) in [4.78, 5) is 8.42. The highest BCUT2D eigenvalue weighted by molar-refractivity contribution is 6.01. The van der Waals surface area contributed by atoms with Gasteiger partial charge in [-0.25, -0.2) is 4.99 Å². The van der Waals surface area contributed by atoms with Crippen molar-refractivity contribution < 1.29 is 0 Å². The first kappa shape index (κ1) is 20.5. The predicted octanol–water partition coefficient (Wildman–Crippen LogP) is 4.65. The highest BCUT2D eigenvalue weighted by atomic mass is 15.2. The second kappa shape index (κ2) is 7.82. The van der Waals surface area contributed by atoms with Gasteiger partial charge < -0.3 is 16.8 Å². The van der Waals surface area contributed by atoms with Crippen molar-refractivity contribution in [2.75, 3.05) is 5.32 Å². The van der Waals surface area contributed by atoms with Crippen molar-refractivity contribution in [3.63, 3.8) is 0 Å². The van der Waals surface area contributed by atoms with Gasteiger partial charge in [-0.2, -0.15) is 4.99 Å². The zero-order valence-corrected chi connectivity index (χ0v) is 17.2. The normalized spacial score (nSPS) is 13.6. The fraction of sp³-hybridized carbons (Fsp3) is 0.364. The molecular weight excluding hydrogens is 334 g/mol. The standard InChI is InChI=1S/C22H31N5/c1-21(2,3)15-7-11-17(12-8-15)25-19(23)27-20(24)26-18-13-9-16(10-14-18)22(4,5)6/h7-14H,1-6H3,(H5,23,24,25,26,27). The SMILES string of the molecule is CC(C)(C)c1ccc(N=C(N)N=C(N)Nc2ccc(C(C)(C)C)cc2)cc1. The minimum absolute atomic E-state index is 0.100. The Morgan fingerprint density at radius 3 is 1.63 bits per heavy atom. The minimum atomic E-state index is 0.100. The van der Waals surface area contributed by atoms with Crippen molar-refractivity contribution >= 4 is 23.3 Å². The number of hydrogen-bond acceptors (Lipinski definition) is 1. The summed E-state index contributed by atoms with van der Waals surface area (Å²) in [5.74, 6) is 0.306. The summed E-state index contributed by atoms with van der Waals surface area (Å²) in [7, 11) is 0. The molecule has 2 rings (SSSR count). The molecule has 0 atom stereocenters. The van der Waals surface area contributed by atoms with Crippen LogP contribution in [0.15, 0.2) is 58.5 Å². The monoisotopic (exact) mass is 365 g/mol. The summed E-state index contributed by atoms with van der Waals surface area (Å²) in [6.45, 7) is 13.0. The molecule has 27 heavy (non-hydrogen) atoms. The Balaban J connectivity index is 2.07. The topological polar surface area (TPSA) is 88.8 Å². The molecule has 0 spiro atoms. The lowest BCUT2D eigenvalue weighted by atomic mass is 9.87. The largest absolute Gasteiger partial charge is 0.369 e. The fourth-order valence-electron chi connectivity index (χ4n) is 2.55. The Bertz CT molecular complexity index is 817. The number of rotatable bonds is 2. The van der Waals surface area contributed by atoms with E-state index in [0.29, 0.717) is 0 Å². The Hall–Kier alpha value is -2.82. The molecule has 5 heteroatoms. The van der Waals surface area contributed by atoms with E-state index in [4.69, 9.17) is 11.5 Å². The Morgan fingerprint density at radius 2 is 1.19 bits per heavy atom. The summed E-state index contributed by atoms with van der Waals surface area (Å²) >= 11 is 0. The Kier molecular flexibility index (Phi) is 5.94. The number of anilines is 1. The van der Waals surface area contributed by atoms with Crippen LogP contribution in [0, 0.1) is 0 Å². The average molecular weight is 366 g/mol. The molecular formula is C22H31N5. The predicted molar refractivity (Wildman–Crippen MR) is 117 cm³/mol. The van der Waals surface area contributed by atoms with Crippen molar-refractivity contribution in [1.82, 2.24) is 0 Å². The molecule has 0 aliphatic carbocycles. The van der Waals surface area contributed by atoms with E-state index >= 15 is 0 Å². The second-order valence-corrected chi connectivity index (χ2v) is 8.72. The van der Waals surface area contributed by atoms with Crippen molar-refractivity contribution in [3.8, 4) is 0 Å². The number of hydrogen-bond donors (Lipinski definition) is 3. The van der Waals surface area contributed by atoms with Gasteiger partial charge in [0.1, 0.15) is 0 Å². The van der Waals surface area contributed by atoms with Crippen LogP contribution in [0.2, 0.25) is 0 Å². The van der Waals surface area contributed by atoms with Crippen molar-refractivity contribution in [2.24, 2.45) is 21.5 Å². The van der Waals surface area contributed by atoms with E-state index in [0.717, 1.165) is 11.4 Å². The molecule has 2 aromatic carbocycles. The minimum Gasteiger partial charge on any atom is -0.369 e. The first-order valence-corrected chi connectivity index (χ1v) is 9.11. The van der Waals surface area contributed by atoms with E-state index in [1.807, 2.05) is 36.4 Å². The van der Waals surface area contributed by atoms with E-state index in [2.05, 4.69) is 69.0 Å². The number of aliphatic imine (C=N–C) groups is 2. The van der Waals surface area contributed by atoms with Crippen LogP contribution in [-0.2, 0) is 10.8 Å². The molecule has 0 fully saturated rings. The fourth-order valence-corrected chi connectivity index (χ4v) is 2.55. The molecule has 0 aromatic heterocycles. The van der Waals surface area contributed by atoms with Crippen LogP contribution in [0.1, 0.15) is 52.7 Å². The summed E-state index contributed by atoms with van der Waals surface area (Å²) in [5, 5.41) is 3.03. The number of benzene rings is 2. The van der Waals surface area contributed by atoms with Crippen molar-refractivity contribution in [3.05, 3.63) is 59.7 Å². The van der Waals surface area contributed by atoms with E-state index in [1.54, 1.807) is 0 Å². The molecule has 2 aromatic rings. The van der Waals surface area contributed by atoms with Gasteiger partial charge in [0.15, 0.2) is 0 Å². The third-order valence-electron chi connectivity index (χ3n) is 4.24. The Labute approximate surface area is 162 Å². The van der Waals surface area contributed by atoms with Gasteiger partial charge in [0.2, 0.25) is 11.9 Å². The smallest absolute Gasteiger partial charge is 0.223 e. The van der Waals surface area contributed by atoms with Crippen LogP contribution < -0.4 is 16.8 Å². The highest BCUT2D eigenvalue weighted by Gasteiger charge is 2.13. The molecule has 0 radical (unpaired) electrons. The summed E-state index contributed by atoms with van der Waals surface area (Å²) in [5.41, 5.74) is 16.1. The van der Waals surface area contributed by atoms with E-state index in [-0.39, 0.29) is 22.7 Å². The Morgan fingerprint density at radius 1 is 0.741 bits per heavy atom. The van der Waals surface area contributed by atoms with Gasteiger partial charge in [0.05, 0.1) is 5.69 Å². The molecule has 0 aliphatic rings. The molecule has 0 unspecified atom stereocenters. The van der Waals surface area contributed by atoms with Gasteiger partial charge >= 0.3 is 0 Å². The van der Waals surface area contributed by atoms with Crippen LogP contribution in [-0.4, -0.2) is 11.9 Å². The van der Waals surface area contributed by atoms with Gasteiger partial charge in [-0.05, 0) is 46.2 Å². The first-order valence-electron chi connectivity index (χ1n) is 9.11. The third-order valence-corrected chi connectivity index (χ3v) is 4.24. The molecule has 0 heterocycles. The van der Waals surface area contributed by atoms with Crippen LogP contribution in [0.4, 0.5) is 11.4 Å². The molecule has 0 aliphatic heterocycles. The summed E-state index contributed by atoms with van der Waals surface area (Å²) in [6.07, 6.45) is 0. The van der Waals surface area contributed by atoms with Crippen molar-refractivity contribution in [1.29, 1.82) is 0 Å². The van der Waals surface area contributed by atoms with Crippen LogP contribution >= 0.6 is 0 Å². The quantitative estimate of drug-likeness (QED) is 0.534. The molecule has 144 valence electrons. The maximum Gasteiger partial charge on any atom is 0.223 e. The molecule has 5 nitrogen and oxygen atoms in total. The van der Waals surface area contributed by atoms with Crippen LogP contribution in [0.3, 0.4) is 0 Å². The second-order valence-electron chi connectivity index (χ2n) is 8.72. The van der Waals surface area contributed by atoms with E-state index in [1.165, 1.54) is 11.1 Å². The first-order chi connectivity index (χ1) is 12.4. The number of nitrogens with one attached hydrogen (secondary N) is 1. The molecule has 0 saturated heterocycles. The van der Waals surface area contributed by atoms with Gasteiger partial charge in [-0.3, -0.25) is 0 Å². The highest BCUT2D eigenvalue weighted by Crippen LogP contribution is 2.25. The van der Waals surface area contributed by atoms with Gasteiger partial charge in [0, 0.05) is 5.69 Å². The van der Waals surface area contributed by atoms with Gasteiger partial charge in [-0.15, -0.1) is 0 Å². The zero-order chi connectivity index (χ0) is 20.2. The molecule has 0 saturated carbocycles. The maximum atomic E-state index is 5.94. The zero-order valence-electron chi connectivity index (χ0n) is 17.2. The number of nitrogens with two attached hydrogens (primary N) is 2. The van der Waals surface area contributed by atoms with Crippen LogP contribution in [0.5, 0.6) is 0 Å². The summed E-state index contributed by atoms with van der Waals surface area (Å²) in [6, 6.07) is 16.1. The number of nitrogens with zero attached hydrogens (tertiary/aromatic N) is 2. The lowest BCUT2D eigenvalue weighted by Gasteiger charge is -2.19. The van der Waals surface area contributed by atoms with Crippen LogP contribution in [0.25, 0.3) is 0 Å². The third kappa shape index (κ3) is 6.13. The molecule has 5 N–H and O–H groups in total. The van der Waals surface area contributed by atoms with Gasteiger partial charge in [0.25, 0.3) is 0 Å². The summed E-state index contributed by atoms with van der Waals surface area (Å²) < 4.78 is 0. The van der Waals surface area contributed by atoms with Gasteiger partial charge in [-0.1, -0.05) is 65.8 Å². The maximum absolute atomic E-state index is 5.94. The number of guanidine groups is 2. The molecule has 0 amide bonds. The average Bonchev–Trinajstić information content (AvgIpc) is 2.53. The van der Waals surface area contributed by atoms with Crippen molar-refractivity contribution in [2.45, 2.75) is 52.4 Å². The lowest BCUT2D eigenvalue weighted by molar-refractivity contribution is 0.590.